The van der Waals surface area contributed by atoms with Gasteiger partial charge in [-0.15, -0.1) is 0 Å². The maximum atomic E-state index is 12.4. The molecule has 1 atom stereocenters. The van der Waals surface area contributed by atoms with E-state index in [-0.39, 0.29) is 17.8 Å². The number of amides is 2. The van der Waals surface area contributed by atoms with Crippen molar-refractivity contribution in [3.8, 4) is 6.07 Å². The fraction of sp³-hybridized carbons (Fsp3) is 0.400. The summed E-state index contributed by atoms with van der Waals surface area (Å²) >= 11 is 0. The Balaban J connectivity index is 1.55. The molecule has 2 aliphatic rings. The molecule has 2 aliphatic heterocycles. The number of nitrogens with two attached hydrogens (primary N) is 1. The summed E-state index contributed by atoms with van der Waals surface area (Å²) in [6.07, 6.45) is 3.58. The van der Waals surface area contributed by atoms with Crippen molar-refractivity contribution in [3.63, 3.8) is 0 Å². The Morgan fingerprint density at radius 1 is 1.31 bits per heavy atom. The molecule has 9 nitrogen and oxygen atoms in total. The van der Waals surface area contributed by atoms with Gasteiger partial charge in [-0.2, -0.15) is 5.26 Å². The van der Waals surface area contributed by atoms with Gasteiger partial charge < -0.3 is 25.8 Å². The lowest BCUT2D eigenvalue weighted by Gasteiger charge is -2.37. The number of aromatic nitrogens is 2. The minimum absolute atomic E-state index is 0.0896. The molecule has 0 aliphatic carbocycles. The number of carbonyl (C=O) groups excluding carboxylic acids is 1. The minimum Gasteiger partial charge on any atom is -0.399 e. The van der Waals surface area contributed by atoms with Crippen LogP contribution in [0.15, 0.2) is 30.5 Å². The summed E-state index contributed by atoms with van der Waals surface area (Å²) < 4.78 is 0. The summed E-state index contributed by atoms with van der Waals surface area (Å²) in [5.41, 5.74) is 7.43. The second-order valence-electron chi connectivity index (χ2n) is 7.43. The molecule has 9 heteroatoms. The zero-order valence-corrected chi connectivity index (χ0v) is 16.4. The fourth-order valence-electron chi connectivity index (χ4n) is 3.88. The average molecular weight is 392 g/mol. The summed E-state index contributed by atoms with van der Waals surface area (Å²) in [6, 6.07) is 9.59. The van der Waals surface area contributed by atoms with Gasteiger partial charge in [0.25, 0.3) is 0 Å². The Morgan fingerprint density at radius 2 is 2.17 bits per heavy atom. The van der Waals surface area contributed by atoms with Crippen LogP contribution in [-0.2, 0) is 0 Å². The number of piperidine rings is 1. The molecule has 2 aromatic rings. The van der Waals surface area contributed by atoms with Gasteiger partial charge in [0.05, 0.1) is 12.2 Å². The van der Waals surface area contributed by atoms with Crippen LogP contribution in [0.4, 0.5) is 27.8 Å². The van der Waals surface area contributed by atoms with Crippen LogP contribution in [0.2, 0.25) is 0 Å². The Morgan fingerprint density at radius 3 is 2.90 bits per heavy atom. The lowest BCUT2D eigenvalue weighted by atomic mass is 10.0. The predicted octanol–water partition coefficient (Wildman–Crippen LogP) is 2.01. The number of likely N-dealkylation sites (N-methyl/N-ethyl adjacent to an activating group) is 1. The third-order valence-electron chi connectivity index (χ3n) is 5.42. The molecule has 0 saturated carbocycles. The monoisotopic (exact) mass is 392 g/mol. The number of nitrogen functional groups attached to an aromatic ring is 1. The number of carbonyl (C=O) groups is 1. The molecule has 3 heterocycles. The van der Waals surface area contributed by atoms with E-state index in [0.717, 1.165) is 38.2 Å². The van der Waals surface area contributed by atoms with Crippen molar-refractivity contribution < 1.29 is 4.79 Å². The first-order valence-electron chi connectivity index (χ1n) is 9.71. The van der Waals surface area contributed by atoms with E-state index >= 15 is 0 Å². The molecule has 2 amide bonds. The molecule has 1 aromatic heterocycles. The summed E-state index contributed by atoms with van der Waals surface area (Å²) in [6.45, 7) is 3.07. The normalized spacial score (nSPS) is 19.4. The molecular weight excluding hydrogens is 368 g/mol. The van der Waals surface area contributed by atoms with Crippen LogP contribution in [0.3, 0.4) is 0 Å². The van der Waals surface area contributed by atoms with Gasteiger partial charge in [-0.1, -0.05) is 6.07 Å². The third kappa shape index (κ3) is 3.87. The number of nitriles is 1. The molecule has 29 heavy (non-hydrogen) atoms. The Hall–Kier alpha value is -3.54. The van der Waals surface area contributed by atoms with E-state index in [1.807, 2.05) is 24.1 Å². The quantitative estimate of drug-likeness (QED) is 0.765. The highest BCUT2D eigenvalue weighted by atomic mass is 16.2. The van der Waals surface area contributed by atoms with E-state index in [4.69, 9.17) is 5.73 Å². The van der Waals surface area contributed by atoms with E-state index in [1.54, 1.807) is 23.2 Å². The first-order chi connectivity index (χ1) is 14.0. The van der Waals surface area contributed by atoms with Crippen molar-refractivity contribution >= 4 is 29.0 Å². The molecule has 0 bridgehead atoms. The summed E-state index contributed by atoms with van der Waals surface area (Å²) in [4.78, 5) is 27.2. The third-order valence-corrected chi connectivity index (χ3v) is 5.42. The predicted molar refractivity (Wildman–Crippen MR) is 111 cm³/mol. The van der Waals surface area contributed by atoms with Gasteiger partial charge in [0, 0.05) is 44.6 Å². The number of hydrogen-bond donors (Lipinski definition) is 2. The van der Waals surface area contributed by atoms with Gasteiger partial charge in [-0.05, 0) is 31.0 Å². The van der Waals surface area contributed by atoms with E-state index in [9.17, 15) is 10.1 Å². The van der Waals surface area contributed by atoms with Gasteiger partial charge in [-0.25, -0.2) is 14.8 Å². The Bertz CT molecular complexity index is 956. The maximum Gasteiger partial charge on any atom is 0.320 e. The van der Waals surface area contributed by atoms with Crippen molar-refractivity contribution in [2.75, 3.05) is 49.2 Å². The van der Waals surface area contributed by atoms with E-state index in [2.05, 4.69) is 26.3 Å². The molecule has 2 fully saturated rings. The highest BCUT2D eigenvalue weighted by Crippen LogP contribution is 2.26. The van der Waals surface area contributed by atoms with Crippen molar-refractivity contribution in [2.24, 2.45) is 0 Å². The number of urea groups is 1. The van der Waals surface area contributed by atoms with Gasteiger partial charge in [0.15, 0.2) is 11.5 Å². The Labute approximate surface area is 169 Å². The molecule has 4 rings (SSSR count). The second-order valence-corrected chi connectivity index (χ2v) is 7.43. The number of rotatable bonds is 4. The average Bonchev–Trinajstić information content (AvgIpc) is 3.07. The van der Waals surface area contributed by atoms with Crippen molar-refractivity contribution in [2.45, 2.75) is 18.9 Å². The molecule has 0 spiro atoms. The summed E-state index contributed by atoms with van der Waals surface area (Å²) in [5, 5.41) is 12.6. The van der Waals surface area contributed by atoms with Crippen molar-refractivity contribution in [3.05, 3.63) is 36.2 Å². The van der Waals surface area contributed by atoms with Crippen LogP contribution in [-0.4, -0.2) is 65.1 Å². The SMILES string of the molecule is CN1CCN([C@@H]2CCCN(c3cnc(C#N)c(Nc4cccc(N)c4)n3)C2)C1=O. The largest absolute Gasteiger partial charge is 0.399 e. The number of benzene rings is 1. The Kier molecular flexibility index (Phi) is 5.08. The van der Waals surface area contributed by atoms with Crippen LogP contribution >= 0.6 is 0 Å². The highest BCUT2D eigenvalue weighted by Gasteiger charge is 2.34. The smallest absolute Gasteiger partial charge is 0.320 e. The minimum atomic E-state index is 0.0896. The van der Waals surface area contributed by atoms with Gasteiger partial charge >= 0.3 is 6.03 Å². The summed E-state index contributed by atoms with van der Waals surface area (Å²) in [7, 11) is 1.84. The zero-order valence-electron chi connectivity index (χ0n) is 16.4. The van der Waals surface area contributed by atoms with Crippen LogP contribution in [0.1, 0.15) is 18.5 Å². The number of nitrogens with zero attached hydrogens (tertiary/aromatic N) is 6. The topological polar surface area (TPSA) is 114 Å². The zero-order chi connectivity index (χ0) is 20.4. The van der Waals surface area contributed by atoms with Crippen molar-refractivity contribution in [1.29, 1.82) is 5.26 Å². The molecule has 2 saturated heterocycles. The molecule has 0 unspecified atom stereocenters. The van der Waals surface area contributed by atoms with Gasteiger partial charge in [0.2, 0.25) is 0 Å². The number of anilines is 4. The van der Waals surface area contributed by atoms with Crippen LogP contribution in [0, 0.1) is 11.3 Å². The van der Waals surface area contributed by atoms with Crippen LogP contribution < -0.4 is 16.0 Å². The van der Waals surface area contributed by atoms with Gasteiger partial charge in [0.1, 0.15) is 11.9 Å². The lowest BCUT2D eigenvalue weighted by Crippen LogP contribution is -2.49. The second kappa shape index (κ2) is 7.83. The summed E-state index contributed by atoms with van der Waals surface area (Å²) in [5.74, 6) is 1.09. The first kappa shape index (κ1) is 18.8. The first-order valence-corrected chi connectivity index (χ1v) is 9.71. The molecule has 150 valence electrons. The number of hydrogen-bond acceptors (Lipinski definition) is 7. The highest BCUT2D eigenvalue weighted by molar-refractivity contribution is 5.76. The van der Waals surface area contributed by atoms with Gasteiger partial charge in [-0.3, -0.25) is 0 Å². The van der Waals surface area contributed by atoms with Crippen molar-refractivity contribution in [1.82, 2.24) is 19.8 Å². The maximum absolute atomic E-state index is 12.4. The van der Waals surface area contributed by atoms with Crippen LogP contribution in [0.25, 0.3) is 0 Å². The fourth-order valence-corrected chi connectivity index (χ4v) is 3.88. The standard InChI is InChI=1S/C20H24N8O/c1-26-8-9-28(20(26)29)16-6-3-7-27(13-16)18-12-23-17(11-21)19(25-18)24-15-5-2-4-14(22)10-15/h2,4-5,10,12,16H,3,6-9,13,22H2,1H3,(H,24,25)/t16-/m1/s1. The van der Waals surface area contributed by atoms with E-state index in [0.29, 0.717) is 23.9 Å². The molecule has 0 radical (unpaired) electrons. The molecular formula is C20H24N8O. The van der Waals surface area contributed by atoms with E-state index < -0.39 is 0 Å². The molecule has 1 aromatic carbocycles. The molecule has 3 N–H and O–H groups in total. The lowest BCUT2D eigenvalue weighted by molar-refractivity contribution is 0.175. The van der Waals surface area contributed by atoms with Crippen LogP contribution in [0.5, 0.6) is 0 Å². The number of nitrogens with one attached hydrogen (secondary N) is 1. The van der Waals surface area contributed by atoms with E-state index in [1.165, 1.54) is 0 Å².